The van der Waals surface area contributed by atoms with E-state index in [0.717, 1.165) is 43.7 Å². The van der Waals surface area contributed by atoms with Gasteiger partial charge in [-0.1, -0.05) is 43.7 Å². The highest BCUT2D eigenvalue weighted by molar-refractivity contribution is 5.38. The summed E-state index contributed by atoms with van der Waals surface area (Å²) >= 11 is 0. The fourth-order valence-electron chi connectivity index (χ4n) is 3.12. The zero-order valence-corrected chi connectivity index (χ0v) is 13.6. The highest BCUT2D eigenvalue weighted by Gasteiger charge is 2.58. The third-order valence-corrected chi connectivity index (χ3v) is 4.57. The van der Waals surface area contributed by atoms with Crippen molar-refractivity contribution in [2.24, 2.45) is 11.8 Å². The van der Waals surface area contributed by atoms with Crippen molar-refractivity contribution in [2.75, 3.05) is 0 Å². The minimum Gasteiger partial charge on any atom is -0.191 e. The first kappa shape index (κ1) is 18.8. The minimum absolute atomic E-state index is 0.286. The molecule has 1 fully saturated rings. The summed E-state index contributed by atoms with van der Waals surface area (Å²) in [6.07, 6.45) is 1.22. The summed E-state index contributed by atoms with van der Waals surface area (Å²) in [4.78, 5) is 0. The number of halogens is 5. The van der Waals surface area contributed by atoms with E-state index in [4.69, 9.17) is 0 Å². The van der Waals surface area contributed by atoms with Gasteiger partial charge in [-0.2, -0.15) is 22.0 Å². The van der Waals surface area contributed by atoms with Crippen molar-refractivity contribution in [3.8, 4) is 11.8 Å². The van der Waals surface area contributed by atoms with Crippen molar-refractivity contribution in [3.63, 3.8) is 0 Å². The van der Waals surface area contributed by atoms with E-state index in [2.05, 4.69) is 18.8 Å². The van der Waals surface area contributed by atoms with Gasteiger partial charge in [0.1, 0.15) is 0 Å². The molecule has 1 aromatic rings. The predicted molar refractivity (Wildman–Crippen MR) is 83.6 cm³/mol. The highest BCUT2D eigenvalue weighted by atomic mass is 19.4. The fourth-order valence-corrected chi connectivity index (χ4v) is 3.12. The summed E-state index contributed by atoms with van der Waals surface area (Å²) in [5.74, 6) is 2.26. The van der Waals surface area contributed by atoms with Crippen molar-refractivity contribution in [1.29, 1.82) is 0 Å². The van der Waals surface area contributed by atoms with Gasteiger partial charge >= 0.3 is 12.1 Å². The molecule has 0 heterocycles. The lowest BCUT2D eigenvalue weighted by Gasteiger charge is -2.25. The SMILES string of the molecule is CCC[C@H]1CC[C@H](C#Cc2ccc(C(F)(F)C(F)(F)F)cc2)CC1. The van der Waals surface area contributed by atoms with Crippen molar-refractivity contribution in [2.45, 2.75) is 57.5 Å². The van der Waals surface area contributed by atoms with E-state index in [0.29, 0.717) is 5.56 Å². The molecule has 0 spiro atoms. The number of hydrogen-bond acceptors (Lipinski definition) is 0. The number of hydrogen-bond donors (Lipinski definition) is 0. The Hall–Kier alpha value is -1.57. The molecule has 1 aromatic carbocycles. The number of benzene rings is 1. The van der Waals surface area contributed by atoms with Crippen LogP contribution in [0.2, 0.25) is 0 Å². The van der Waals surface area contributed by atoms with Gasteiger partial charge in [-0.05, 0) is 43.7 Å². The second-order valence-electron chi connectivity index (χ2n) is 6.43. The van der Waals surface area contributed by atoms with E-state index in [9.17, 15) is 22.0 Å². The molecular formula is C19H21F5. The van der Waals surface area contributed by atoms with Gasteiger partial charge in [-0.15, -0.1) is 0 Å². The van der Waals surface area contributed by atoms with Gasteiger partial charge in [0.25, 0.3) is 0 Å². The Morgan fingerprint density at radius 3 is 2.04 bits per heavy atom. The van der Waals surface area contributed by atoms with E-state index in [1.807, 2.05) is 0 Å². The molecule has 5 heteroatoms. The molecule has 0 N–H and O–H groups in total. The van der Waals surface area contributed by atoms with E-state index >= 15 is 0 Å². The molecule has 0 amide bonds. The summed E-state index contributed by atoms with van der Waals surface area (Å²) in [6.45, 7) is 2.18. The van der Waals surface area contributed by atoms with Gasteiger partial charge < -0.3 is 0 Å². The topological polar surface area (TPSA) is 0 Å². The molecule has 1 aliphatic rings. The van der Waals surface area contributed by atoms with Crippen LogP contribution in [-0.2, 0) is 5.92 Å². The maximum atomic E-state index is 13.2. The highest BCUT2D eigenvalue weighted by Crippen LogP contribution is 2.43. The Bertz CT molecular complexity index is 581. The normalized spacial score (nSPS) is 21.9. The maximum Gasteiger partial charge on any atom is 0.458 e. The smallest absolute Gasteiger partial charge is 0.191 e. The van der Waals surface area contributed by atoms with Crippen LogP contribution in [0.3, 0.4) is 0 Å². The van der Waals surface area contributed by atoms with Gasteiger partial charge in [0.05, 0.1) is 0 Å². The van der Waals surface area contributed by atoms with Crippen LogP contribution in [0.4, 0.5) is 22.0 Å². The second-order valence-corrected chi connectivity index (χ2v) is 6.43. The van der Waals surface area contributed by atoms with Gasteiger partial charge in [-0.3, -0.25) is 0 Å². The van der Waals surface area contributed by atoms with Gasteiger partial charge in [0.15, 0.2) is 0 Å². The Labute approximate surface area is 139 Å². The molecule has 132 valence electrons. The molecule has 0 aromatic heterocycles. The van der Waals surface area contributed by atoms with Crippen LogP contribution in [0, 0.1) is 23.7 Å². The fraction of sp³-hybridized carbons (Fsp3) is 0.579. The Morgan fingerprint density at radius 2 is 1.54 bits per heavy atom. The third kappa shape index (κ3) is 4.49. The van der Waals surface area contributed by atoms with Crippen molar-refractivity contribution in [3.05, 3.63) is 35.4 Å². The molecule has 1 saturated carbocycles. The average molecular weight is 344 g/mol. The predicted octanol–water partition coefficient (Wildman–Crippen LogP) is 6.30. The van der Waals surface area contributed by atoms with E-state index in [-0.39, 0.29) is 5.92 Å². The first-order valence-corrected chi connectivity index (χ1v) is 8.30. The molecular weight excluding hydrogens is 323 g/mol. The average Bonchev–Trinajstić information content (AvgIpc) is 2.54. The molecule has 0 nitrogen and oxygen atoms in total. The first-order valence-electron chi connectivity index (χ1n) is 8.30. The van der Waals surface area contributed by atoms with Crippen molar-refractivity contribution < 1.29 is 22.0 Å². The number of alkyl halides is 5. The van der Waals surface area contributed by atoms with Crippen molar-refractivity contribution >= 4 is 0 Å². The van der Waals surface area contributed by atoms with Crippen LogP contribution >= 0.6 is 0 Å². The minimum atomic E-state index is -5.59. The summed E-state index contributed by atoms with van der Waals surface area (Å²) < 4.78 is 63.4. The molecule has 2 rings (SSSR count). The molecule has 0 unspecified atom stereocenters. The molecule has 0 radical (unpaired) electrons. The second kappa shape index (κ2) is 7.55. The Balaban J connectivity index is 1.99. The quantitative estimate of drug-likeness (QED) is 0.446. The summed E-state index contributed by atoms with van der Waals surface area (Å²) in [5, 5.41) is 0. The molecule has 0 saturated heterocycles. The van der Waals surface area contributed by atoms with Gasteiger partial charge in [-0.25, -0.2) is 0 Å². The maximum absolute atomic E-state index is 13.2. The van der Waals surface area contributed by atoms with Crippen LogP contribution < -0.4 is 0 Å². The first-order chi connectivity index (χ1) is 11.2. The lowest BCUT2D eigenvalue weighted by atomic mass is 9.80. The zero-order valence-electron chi connectivity index (χ0n) is 13.6. The van der Waals surface area contributed by atoms with Crippen LogP contribution in [0.15, 0.2) is 24.3 Å². The van der Waals surface area contributed by atoms with Crippen LogP contribution in [0.25, 0.3) is 0 Å². The molecule has 0 atom stereocenters. The Kier molecular flexibility index (Phi) is 5.90. The van der Waals surface area contributed by atoms with E-state index in [1.165, 1.54) is 25.0 Å². The lowest BCUT2D eigenvalue weighted by Crippen LogP contribution is -2.33. The summed E-state index contributed by atoms with van der Waals surface area (Å²) in [6, 6.07) is 4.06. The molecule has 0 aliphatic heterocycles. The largest absolute Gasteiger partial charge is 0.458 e. The molecule has 24 heavy (non-hydrogen) atoms. The van der Waals surface area contributed by atoms with Gasteiger partial charge in [0, 0.05) is 17.0 Å². The van der Waals surface area contributed by atoms with Crippen LogP contribution in [-0.4, -0.2) is 6.18 Å². The monoisotopic (exact) mass is 344 g/mol. The summed E-state index contributed by atoms with van der Waals surface area (Å²) in [7, 11) is 0. The molecule has 1 aliphatic carbocycles. The zero-order chi connectivity index (χ0) is 17.8. The summed E-state index contributed by atoms with van der Waals surface area (Å²) in [5.41, 5.74) is -0.590. The van der Waals surface area contributed by atoms with E-state index in [1.54, 1.807) is 0 Å². The third-order valence-electron chi connectivity index (χ3n) is 4.57. The van der Waals surface area contributed by atoms with Crippen LogP contribution in [0.5, 0.6) is 0 Å². The van der Waals surface area contributed by atoms with E-state index < -0.39 is 17.7 Å². The molecule has 0 bridgehead atoms. The standard InChI is InChI=1S/C19H21F5/c1-2-3-14-4-6-15(7-5-14)8-9-16-10-12-17(13-11-16)18(20,21)19(22,23)24/h10-15H,2-7H2,1H3/t14-,15-. The van der Waals surface area contributed by atoms with Crippen LogP contribution in [0.1, 0.15) is 56.6 Å². The Morgan fingerprint density at radius 1 is 0.958 bits per heavy atom. The van der Waals surface area contributed by atoms with Crippen molar-refractivity contribution in [1.82, 2.24) is 0 Å². The number of rotatable bonds is 3. The van der Waals surface area contributed by atoms with Gasteiger partial charge in [0.2, 0.25) is 0 Å². The lowest BCUT2D eigenvalue weighted by molar-refractivity contribution is -0.289.